The first-order valence-corrected chi connectivity index (χ1v) is 9.95. The molecule has 6 heteroatoms. The topological polar surface area (TPSA) is 57.7 Å². The Balaban J connectivity index is 1.63. The minimum Gasteiger partial charge on any atom is -0.336 e. The Kier molecular flexibility index (Phi) is 5.20. The number of piperazine rings is 1. The third kappa shape index (κ3) is 4.08. The van der Waals surface area contributed by atoms with Crippen LogP contribution < -0.4 is 0 Å². The van der Waals surface area contributed by atoms with Gasteiger partial charge >= 0.3 is 0 Å². The van der Waals surface area contributed by atoms with Gasteiger partial charge in [-0.25, -0.2) is 8.42 Å². The van der Waals surface area contributed by atoms with E-state index in [4.69, 9.17) is 0 Å². The number of hydrogen-bond acceptors (Lipinski definition) is 3. The average molecular weight is 358 g/mol. The molecule has 0 bridgehead atoms. The fourth-order valence-corrected chi connectivity index (χ4v) is 4.61. The zero-order valence-electron chi connectivity index (χ0n) is 14.3. The number of nitrogens with zero attached hydrogens (tertiary/aromatic N) is 2. The van der Waals surface area contributed by atoms with Crippen molar-refractivity contribution in [2.24, 2.45) is 0 Å². The van der Waals surface area contributed by atoms with E-state index in [0.29, 0.717) is 31.7 Å². The molecule has 0 saturated carbocycles. The van der Waals surface area contributed by atoms with Gasteiger partial charge in [-0.3, -0.25) is 4.79 Å². The van der Waals surface area contributed by atoms with Crippen molar-refractivity contribution in [2.45, 2.75) is 12.7 Å². The Morgan fingerprint density at radius 1 is 0.920 bits per heavy atom. The third-order valence-electron chi connectivity index (χ3n) is 4.54. The lowest BCUT2D eigenvalue weighted by molar-refractivity contribution is 0.0698. The van der Waals surface area contributed by atoms with E-state index in [0.717, 1.165) is 11.1 Å². The quantitative estimate of drug-likeness (QED) is 0.843. The van der Waals surface area contributed by atoms with E-state index >= 15 is 0 Å². The average Bonchev–Trinajstić information content (AvgIpc) is 2.64. The molecular weight excluding hydrogens is 336 g/mol. The van der Waals surface area contributed by atoms with Gasteiger partial charge < -0.3 is 4.90 Å². The zero-order chi connectivity index (χ0) is 17.9. The second-order valence-electron chi connectivity index (χ2n) is 6.24. The summed E-state index contributed by atoms with van der Waals surface area (Å²) < 4.78 is 26.8. The number of carbonyl (C=O) groups is 1. The van der Waals surface area contributed by atoms with E-state index in [-0.39, 0.29) is 11.7 Å². The van der Waals surface area contributed by atoms with Gasteiger partial charge in [-0.1, -0.05) is 42.5 Å². The summed E-state index contributed by atoms with van der Waals surface area (Å²) in [5, 5.41) is 0. The summed E-state index contributed by atoms with van der Waals surface area (Å²) in [7, 11) is -3.38. The highest BCUT2D eigenvalue weighted by atomic mass is 32.2. The molecule has 2 aromatic carbocycles. The Bertz CT molecular complexity index is 842. The smallest absolute Gasteiger partial charge is 0.253 e. The molecule has 1 saturated heterocycles. The Labute approximate surface area is 148 Å². The van der Waals surface area contributed by atoms with Crippen molar-refractivity contribution in [3.05, 3.63) is 71.3 Å². The van der Waals surface area contributed by atoms with Crippen molar-refractivity contribution >= 4 is 15.9 Å². The molecule has 0 radical (unpaired) electrons. The number of hydrogen-bond donors (Lipinski definition) is 0. The molecule has 0 N–H and O–H groups in total. The molecule has 5 nitrogen and oxygen atoms in total. The second-order valence-corrected chi connectivity index (χ2v) is 8.21. The van der Waals surface area contributed by atoms with Gasteiger partial charge in [-0.05, 0) is 30.2 Å². The Hall–Kier alpha value is -2.18. The molecule has 2 aromatic rings. The maximum absolute atomic E-state index is 12.7. The molecule has 0 aliphatic carbocycles. The number of aryl methyl sites for hydroxylation is 1. The first kappa shape index (κ1) is 17.6. The molecule has 25 heavy (non-hydrogen) atoms. The number of carbonyl (C=O) groups excluding carboxylic acids is 1. The lowest BCUT2D eigenvalue weighted by atomic mass is 10.1. The minimum absolute atomic E-state index is 0.00625. The number of benzene rings is 2. The Morgan fingerprint density at radius 3 is 2.16 bits per heavy atom. The maximum Gasteiger partial charge on any atom is 0.253 e. The molecule has 0 unspecified atom stereocenters. The highest BCUT2D eigenvalue weighted by Crippen LogP contribution is 2.17. The lowest BCUT2D eigenvalue weighted by Crippen LogP contribution is -2.50. The van der Waals surface area contributed by atoms with E-state index in [2.05, 4.69) is 0 Å². The largest absolute Gasteiger partial charge is 0.336 e. The van der Waals surface area contributed by atoms with E-state index in [1.807, 2.05) is 49.4 Å². The second kappa shape index (κ2) is 7.37. The van der Waals surface area contributed by atoms with Gasteiger partial charge in [0.05, 0.1) is 5.75 Å². The highest BCUT2D eigenvalue weighted by Gasteiger charge is 2.29. The van der Waals surface area contributed by atoms with Crippen LogP contribution in [0, 0.1) is 6.92 Å². The van der Waals surface area contributed by atoms with E-state index in [1.54, 1.807) is 17.0 Å². The van der Waals surface area contributed by atoms with Crippen LogP contribution in [0.1, 0.15) is 21.5 Å². The van der Waals surface area contributed by atoms with E-state index in [9.17, 15) is 13.2 Å². The van der Waals surface area contributed by atoms with Crippen LogP contribution in [0.4, 0.5) is 0 Å². The summed E-state index contributed by atoms with van der Waals surface area (Å²) in [6.07, 6.45) is 0. The predicted octanol–water partition coefficient (Wildman–Crippen LogP) is 2.28. The molecule has 1 heterocycles. The monoisotopic (exact) mass is 358 g/mol. The molecule has 1 fully saturated rings. The highest BCUT2D eigenvalue weighted by molar-refractivity contribution is 7.88. The summed E-state index contributed by atoms with van der Waals surface area (Å²) >= 11 is 0. The van der Waals surface area contributed by atoms with E-state index < -0.39 is 10.0 Å². The molecule has 1 aliphatic heterocycles. The summed E-state index contributed by atoms with van der Waals surface area (Å²) in [6.45, 7) is 3.43. The van der Waals surface area contributed by atoms with Gasteiger partial charge in [-0.15, -0.1) is 0 Å². The number of sulfonamides is 1. The molecule has 0 atom stereocenters. The fourth-order valence-electron chi connectivity index (χ4n) is 2.99. The van der Waals surface area contributed by atoms with Crippen LogP contribution in [-0.2, 0) is 15.8 Å². The lowest BCUT2D eigenvalue weighted by Gasteiger charge is -2.34. The van der Waals surface area contributed by atoms with Crippen molar-refractivity contribution in [1.82, 2.24) is 9.21 Å². The molecule has 0 spiro atoms. The van der Waals surface area contributed by atoms with Crippen LogP contribution in [0.2, 0.25) is 0 Å². The zero-order valence-corrected chi connectivity index (χ0v) is 15.1. The van der Waals surface area contributed by atoms with Gasteiger partial charge in [0.25, 0.3) is 5.91 Å². The standard InChI is InChI=1S/C19H22N2O3S/c1-16-7-5-6-10-18(16)15-25(23,24)21-13-11-20(12-14-21)19(22)17-8-3-2-4-9-17/h2-10H,11-15H2,1H3. The summed E-state index contributed by atoms with van der Waals surface area (Å²) in [6, 6.07) is 16.6. The predicted molar refractivity (Wildman–Crippen MR) is 97.7 cm³/mol. The van der Waals surface area contributed by atoms with Crippen LogP contribution in [0.3, 0.4) is 0 Å². The van der Waals surface area contributed by atoms with Crippen molar-refractivity contribution < 1.29 is 13.2 Å². The van der Waals surface area contributed by atoms with Gasteiger partial charge in [0, 0.05) is 31.7 Å². The van der Waals surface area contributed by atoms with Crippen molar-refractivity contribution in [3.63, 3.8) is 0 Å². The summed E-state index contributed by atoms with van der Waals surface area (Å²) in [5.74, 6) is -0.0386. The molecule has 1 amide bonds. The summed E-state index contributed by atoms with van der Waals surface area (Å²) in [5.41, 5.74) is 2.44. The maximum atomic E-state index is 12.7. The molecule has 3 rings (SSSR count). The van der Waals surface area contributed by atoms with Crippen molar-refractivity contribution in [1.29, 1.82) is 0 Å². The Morgan fingerprint density at radius 2 is 1.52 bits per heavy atom. The summed E-state index contributed by atoms with van der Waals surface area (Å²) in [4.78, 5) is 14.2. The number of amides is 1. The van der Waals surface area contributed by atoms with Gasteiger partial charge in [0.1, 0.15) is 0 Å². The van der Waals surface area contributed by atoms with Gasteiger partial charge in [0.2, 0.25) is 10.0 Å². The van der Waals surface area contributed by atoms with Crippen molar-refractivity contribution in [3.8, 4) is 0 Å². The third-order valence-corrected chi connectivity index (χ3v) is 6.37. The normalized spacial score (nSPS) is 16.0. The van der Waals surface area contributed by atoms with Crippen molar-refractivity contribution in [2.75, 3.05) is 26.2 Å². The fraction of sp³-hybridized carbons (Fsp3) is 0.316. The van der Waals surface area contributed by atoms with Crippen LogP contribution >= 0.6 is 0 Å². The SMILES string of the molecule is Cc1ccccc1CS(=O)(=O)N1CCN(C(=O)c2ccccc2)CC1. The first-order valence-electron chi connectivity index (χ1n) is 8.34. The number of rotatable bonds is 4. The first-order chi connectivity index (χ1) is 12.0. The molecule has 0 aromatic heterocycles. The van der Waals surface area contributed by atoms with Crippen LogP contribution in [-0.4, -0.2) is 49.7 Å². The molecular formula is C19H22N2O3S. The van der Waals surface area contributed by atoms with Crippen LogP contribution in [0.5, 0.6) is 0 Å². The van der Waals surface area contributed by atoms with Crippen LogP contribution in [0.15, 0.2) is 54.6 Å². The van der Waals surface area contributed by atoms with Gasteiger partial charge in [-0.2, -0.15) is 4.31 Å². The molecule has 132 valence electrons. The van der Waals surface area contributed by atoms with E-state index in [1.165, 1.54) is 4.31 Å². The van der Waals surface area contributed by atoms with Crippen LogP contribution in [0.25, 0.3) is 0 Å². The minimum atomic E-state index is -3.38. The molecule has 1 aliphatic rings. The van der Waals surface area contributed by atoms with Gasteiger partial charge in [0.15, 0.2) is 0 Å².